The largest absolute Gasteiger partial charge is 0.507 e. The lowest BCUT2D eigenvalue weighted by atomic mass is 9.92. The van der Waals surface area contributed by atoms with Gasteiger partial charge in [0.05, 0.1) is 5.56 Å². The summed E-state index contributed by atoms with van der Waals surface area (Å²) in [4.78, 5) is 11.2. The number of hydrogen-bond acceptors (Lipinski definition) is 2. The van der Waals surface area contributed by atoms with Gasteiger partial charge in [-0.2, -0.15) is 0 Å². The second kappa shape index (κ2) is 9.36. The minimum atomic E-state index is 0.0208. The second-order valence-corrected chi connectivity index (χ2v) is 7.27. The van der Waals surface area contributed by atoms with E-state index in [4.69, 9.17) is 0 Å². The molecular formula is C26H28O2. The van der Waals surface area contributed by atoms with Crippen LogP contribution in [0.2, 0.25) is 0 Å². The second-order valence-electron chi connectivity index (χ2n) is 7.27. The molecule has 0 atom stereocenters. The highest BCUT2D eigenvalue weighted by atomic mass is 16.3. The number of carbonyl (C=O) groups is 1. The number of aldehydes is 1. The van der Waals surface area contributed by atoms with E-state index in [9.17, 15) is 9.90 Å². The van der Waals surface area contributed by atoms with E-state index in [-0.39, 0.29) is 5.75 Å². The number of unbranched alkanes of at least 4 members (excludes halogenated alkanes) is 2. The Kier molecular flexibility index (Phi) is 6.65. The van der Waals surface area contributed by atoms with Gasteiger partial charge in [-0.15, -0.1) is 0 Å². The highest BCUT2D eigenvalue weighted by Gasteiger charge is 2.09. The molecule has 0 unspecified atom stereocenters. The molecule has 0 saturated carbocycles. The molecule has 144 valence electrons. The average Bonchev–Trinajstić information content (AvgIpc) is 2.74. The zero-order valence-corrected chi connectivity index (χ0v) is 16.7. The van der Waals surface area contributed by atoms with Gasteiger partial charge in [-0.25, -0.2) is 0 Å². The highest BCUT2D eigenvalue weighted by molar-refractivity contribution is 5.84. The van der Waals surface area contributed by atoms with Crippen molar-refractivity contribution >= 4 is 6.29 Å². The predicted molar refractivity (Wildman–Crippen MR) is 117 cm³/mol. The van der Waals surface area contributed by atoms with Gasteiger partial charge in [0.2, 0.25) is 0 Å². The van der Waals surface area contributed by atoms with Crippen LogP contribution in [0.1, 0.15) is 54.6 Å². The van der Waals surface area contributed by atoms with Crippen LogP contribution in [0.25, 0.3) is 22.3 Å². The third-order valence-corrected chi connectivity index (χ3v) is 5.31. The van der Waals surface area contributed by atoms with Gasteiger partial charge >= 0.3 is 0 Å². The summed E-state index contributed by atoms with van der Waals surface area (Å²) in [7, 11) is 0. The van der Waals surface area contributed by atoms with Crippen molar-refractivity contribution in [2.75, 3.05) is 0 Å². The SMILES string of the molecule is CCCCCc1ccc(-c2ccc(-c3ccc(O)c(C=O)c3)c(CC)c2)cc1. The number of aromatic hydroxyl groups is 1. The quantitative estimate of drug-likeness (QED) is 0.347. The van der Waals surface area contributed by atoms with Crippen LogP contribution in [0.3, 0.4) is 0 Å². The van der Waals surface area contributed by atoms with Gasteiger partial charge in [0.15, 0.2) is 6.29 Å². The number of aryl methyl sites for hydroxylation is 2. The van der Waals surface area contributed by atoms with Crippen molar-refractivity contribution in [3.8, 4) is 28.0 Å². The highest BCUT2D eigenvalue weighted by Crippen LogP contribution is 2.31. The molecule has 0 amide bonds. The maximum absolute atomic E-state index is 11.2. The molecule has 0 aliphatic heterocycles. The minimum Gasteiger partial charge on any atom is -0.507 e. The first-order valence-corrected chi connectivity index (χ1v) is 10.2. The molecule has 0 aliphatic rings. The van der Waals surface area contributed by atoms with Gasteiger partial charge in [0.25, 0.3) is 0 Å². The molecule has 2 heteroatoms. The fourth-order valence-corrected chi connectivity index (χ4v) is 3.61. The van der Waals surface area contributed by atoms with Crippen LogP contribution in [0.4, 0.5) is 0 Å². The van der Waals surface area contributed by atoms with E-state index in [1.807, 2.05) is 6.07 Å². The number of benzene rings is 3. The number of phenols is 1. The monoisotopic (exact) mass is 372 g/mol. The molecule has 3 aromatic rings. The van der Waals surface area contributed by atoms with E-state index in [0.717, 1.165) is 24.0 Å². The van der Waals surface area contributed by atoms with Gasteiger partial charge in [0.1, 0.15) is 5.75 Å². The molecule has 0 bridgehead atoms. The van der Waals surface area contributed by atoms with Crippen molar-refractivity contribution in [3.05, 3.63) is 77.4 Å². The molecule has 0 radical (unpaired) electrons. The Morgan fingerprint density at radius 2 is 1.54 bits per heavy atom. The molecule has 3 rings (SSSR count). The smallest absolute Gasteiger partial charge is 0.153 e. The molecule has 0 aliphatic carbocycles. The summed E-state index contributed by atoms with van der Waals surface area (Å²) in [5.74, 6) is 0.0208. The summed E-state index contributed by atoms with van der Waals surface area (Å²) in [6, 6.07) is 20.6. The van der Waals surface area contributed by atoms with Crippen LogP contribution >= 0.6 is 0 Å². The van der Waals surface area contributed by atoms with Crippen LogP contribution in [-0.2, 0) is 12.8 Å². The van der Waals surface area contributed by atoms with E-state index in [1.165, 1.54) is 41.5 Å². The molecular weight excluding hydrogens is 344 g/mol. The van der Waals surface area contributed by atoms with E-state index in [0.29, 0.717) is 11.8 Å². The molecule has 1 N–H and O–H groups in total. The van der Waals surface area contributed by atoms with Crippen LogP contribution in [0, 0.1) is 0 Å². The number of phenolic OH excluding ortho intramolecular Hbond substituents is 1. The topological polar surface area (TPSA) is 37.3 Å². The van der Waals surface area contributed by atoms with Crippen LogP contribution in [0.15, 0.2) is 60.7 Å². The Labute approximate surface area is 167 Å². The predicted octanol–water partition coefficient (Wildman–Crippen LogP) is 6.83. The third-order valence-electron chi connectivity index (χ3n) is 5.31. The van der Waals surface area contributed by atoms with Gasteiger partial charge in [0, 0.05) is 0 Å². The maximum Gasteiger partial charge on any atom is 0.153 e. The molecule has 2 nitrogen and oxygen atoms in total. The molecule has 0 saturated heterocycles. The minimum absolute atomic E-state index is 0.0208. The van der Waals surface area contributed by atoms with Crippen molar-refractivity contribution < 1.29 is 9.90 Å². The first-order chi connectivity index (χ1) is 13.7. The van der Waals surface area contributed by atoms with Crippen molar-refractivity contribution in [2.24, 2.45) is 0 Å². The normalized spacial score (nSPS) is 10.8. The lowest BCUT2D eigenvalue weighted by Gasteiger charge is -2.12. The Bertz CT molecular complexity index is 939. The Morgan fingerprint density at radius 3 is 2.21 bits per heavy atom. The molecule has 0 spiro atoms. The van der Waals surface area contributed by atoms with E-state index < -0.39 is 0 Å². The summed E-state index contributed by atoms with van der Waals surface area (Å²) >= 11 is 0. The Balaban J connectivity index is 1.88. The van der Waals surface area contributed by atoms with Gasteiger partial charge < -0.3 is 5.11 Å². The van der Waals surface area contributed by atoms with Gasteiger partial charge in [-0.05, 0) is 64.8 Å². The first kappa shape index (κ1) is 19.9. The summed E-state index contributed by atoms with van der Waals surface area (Å²) in [5.41, 5.74) is 7.43. The summed E-state index contributed by atoms with van der Waals surface area (Å²) in [6.07, 6.45) is 6.52. The van der Waals surface area contributed by atoms with E-state index >= 15 is 0 Å². The average molecular weight is 373 g/mol. The van der Waals surface area contributed by atoms with Gasteiger partial charge in [-0.1, -0.05) is 75.2 Å². The Morgan fingerprint density at radius 1 is 0.821 bits per heavy atom. The summed E-state index contributed by atoms with van der Waals surface area (Å²) in [6.45, 7) is 4.37. The van der Waals surface area contributed by atoms with Crippen LogP contribution in [-0.4, -0.2) is 11.4 Å². The first-order valence-electron chi connectivity index (χ1n) is 10.2. The van der Waals surface area contributed by atoms with Crippen LogP contribution in [0.5, 0.6) is 5.75 Å². The standard InChI is InChI=1S/C26H28O2/c1-3-5-6-7-19-8-10-21(11-9-19)22-12-14-25(20(4-2)16-22)23-13-15-26(28)24(17-23)18-27/h8-18,28H,3-7H2,1-2H3. The molecule has 3 aromatic carbocycles. The third kappa shape index (κ3) is 4.51. The molecule has 0 heterocycles. The molecule has 28 heavy (non-hydrogen) atoms. The lowest BCUT2D eigenvalue weighted by molar-refractivity contribution is 0.112. The lowest BCUT2D eigenvalue weighted by Crippen LogP contribution is -1.92. The van der Waals surface area contributed by atoms with E-state index in [2.05, 4.69) is 56.3 Å². The fourth-order valence-electron chi connectivity index (χ4n) is 3.61. The van der Waals surface area contributed by atoms with Crippen molar-refractivity contribution in [3.63, 3.8) is 0 Å². The van der Waals surface area contributed by atoms with Gasteiger partial charge in [-0.3, -0.25) is 4.79 Å². The van der Waals surface area contributed by atoms with Crippen LogP contribution < -0.4 is 0 Å². The molecule has 0 fully saturated rings. The zero-order valence-electron chi connectivity index (χ0n) is 16.7. The zero-order chi connectivity index (χ0) is 19.9. The Hall–Kier alpha value is -2.87. The molecule has 0 aromatic heterocycles. The van der Waals surface area contributed by atoms with Crippen molar-refractivity contribution in [1.29, 1.82) is 0 Å². The summed E-state index contributed by atoms with van der Waals surface area (Å²) in [5, 5.41) is 9.76. The summed E-state index contributed by atoms with van der Waals surface area (Å²) < 4.78 is 0. The number of carbonyl (C=O) groups excluding carboxylic acids is 1. The van der Waals surface area contributed by atoms with Crippen molar-refractivity contribution in [2.45, 2.75) is 46.0 Å². The van der Waals surface area contributed by atoms with E-state index in [1.54, 1.807) is 12.1 Å². The number of hydrogen-bond donors (Lipinski definition) is 1. The van der Waals surface area contributed by atoms with Crippen molar-refractivity contribution in [1.82, 2.24) is 0 Å². The number of rotatable bonds is 8. The maximum atomic E-state index is 11.2. The fraction of sp³-hybridized carbons (Fsp3) is 0.269.